The number of hydrogen-bond acceptors (Lipinski definition) is 4. The van der Waals surface area contributed by atoms with Crippen LogP contribution in [-0.4, -0.2) is 24.1 Å². The molecular formula is C20H20ClN3O3. The predicted molar refractivity (Wildman–Crippen MR) is 97.5 cm³/mol. The molecule has 27 heavy (non-hydrogen) atoms. The molecule has 0 unspecified atom stereocenters. The van der Waals surface area contributed by atoms with Crippen molar-refractivity contribution in [3.63, 3.8) is 0 Å². The van der Waals surface area contributed by atoms with Crippen LogP contribution in [0.2, 0.25) is 0 Å². The number of nitrogens with two attached hydrogens (primary N) is 1. The summed E-state index contributed by atoms with van der Waals surface area (Å²) in [6.45, 7) is 1.20. The van der Waals surface area contributed by atoms with Crippen molar-refractivity contribution in [3.05, 3.63) is 78.8 Å². The fraction of sp³-hybridized carbons (Fsp3) is 0.150. The van der Waals surface area contributed by atoms with E-state index in [1.54, 1.807) is 29.1 Å². The van der Waals surface area contributed by atoms with E-state index in [-0.39, 0.29) is 12.4 Å². The number of benzene rings is 1. The Morgan fingerprint density at radius 1 is 1.11 bits per heavy atom. The number of carbonyl (C=O) groups is 1. The molecule has 7 heteroatoms. The topological polar surface area (TPSA) is 78.3 Å². The van der Waals surface area contributed by atoms with Crippen LogP contribution in [0.15, 0.2) is 73.2 Å². The van der Waals surface area contributed by atoms with Crippen LogP contribution in [0, 0.1) is 0 Å². The smallest absolute Gasteiger partial charge is 0.254 e. The minimum Gasteiger partial charge on any atom is -1.00 e. The van der Waals surface area contributed by atoms with Crippen molar-refractivity contribution < 1.29 is 31.2 Å². The number of ether oxygens (including phenoxy) is 2. The average molecular weight is 386 g/mol. The molecule has 3 rings (SSSR count). The van der Waals surface area contributed by atoms with Crippen molar-refractivity contribution in [2.45, 2.75) is 6.73 Å². The van der Waals surface area contributed by atoms with Crippen LogP contribution in [0.5, 0.6) is 5.75 Å². The Kier molecular flexibility index (Phi) is 7.73. The maximum Gasteiger partial charge on any atom is 0.254 e. The molecule has 0 atom stereocenters. The van der Waals surface area contributed by atoms with Gasteiger partial charge < -0.3 is 27.6 Å². The van der Waals surface area contributed by atoms with Crippen LogP contribution >= 0.6 is 0 Å². The van der Waals surface area contributed by atoms with Gasteiger partial charge in [0, 0.05) is 17.6 Å². The molecule has 0 aliphatic heterocycles. The van der Waals surface area contributed by atoms with Crippen molar-refractivity contribution in [2.75, 3.05) is 13.2 Å². The Labute approximate surface area is 163 Å². The van der Waals surface area contributed by atoms with Crippen LogP contribution in [-0.2, 0) is 11.5 Å². The van der Waals surface area contributed by atoms with Crippen molar-refractivity contribution >= 4 is 16.8 Å². The number of aromatic nitrogens is 2. The van der Waals surface area contributed by atoms with Gasteiger partial charge in [-0.1, -0.05) is 24.3 Å². The third kappa shape index (κ3) is 5.77. The number of halogens is 1. The second kappa shape index (κ2) is 10.3. The minimum absolute atomic E-state index is 0. The number of para-hydroxylation sites is 1. The molecular weight excluding hydrogens is 366 g/mol. The molecule has 2 heterocycles. The normalized spacial score (nSPS) is 10.7. The molecule has 2 N–H and O–H groups in total. The lowest BCUT2D eigenvalue weighted by Crippen LogP contribution is -3.00. The van der Waals surface area contributed by atoms with Gasteiger partial charge in [-0.15, -0.1) is 0 Å². The van der Waals surface area contributed by atoms with E-state index in [2.05, 4.69) is 4.98 Å². The van der Waals surface area contributed by atoms with E-state index in [1.807, 2.05) is 48.7 Å². The first-order valence-corrected chi connectivity index (χ1v) is 8.22. The average Bonchev–Trinajstić information content (AvgIpc) is 2.67. The summed E-state index contributed by atoms with van der Waals surface area (Å²) in [4.78, 5) is 15.5. The zero-order valence-corrected chi connectivity index (χ0v) is 15.4. The second-order valence-corrected chi connectivity index (χ2v) is 5.58. The molecule has 140 valence electrons. The lowest BCUT2D eigenvalue weighted by molar-refractivity contribution is -0.732. The van der Waals surface area contributed by atoms with E-state index in [9.17, 15) is 4.79 Å². The fourth-order valence-corrected chi connectivity index (χ4v) is 2.44. The number of fused-ring (bicyclic) bond motifs is 1. The van der Waals surface area contributed by atoms with Crippen molar-refractivity contribution in [1.29, 1.82) is 0 Å². The first kappa shape index (κ1) is 20.4. The number of primary amides is 1. The molecule has 0 aliphatic carbocycles. The summed E-state index contributed by atoms with van der Waals surface area (Å²) in [5.74, 6) is 0.298. The van der Waals surface area contributed by atoms with Crippen LogP contribution in [0.4, 0.5) is 0 Å². The summed E-state index contributed by atoms with van der Waals surface area (Å²) < 4.78 is 13.1. The van der Waals surface area contributed by atoms with E-state index in [0.29, 0.717) is 25.5 Å². The van der Waals surface area contributed by atoms with Gasteiger partial charge in [-0.3, -0.25) is 9.78 Å². The van der Waals surface area contributed by atoms with Crippen molar-refractivity contribution in [1.82, 2.24) is 4.98 Å². The van der Waals surface area contributed by atoms with Gasteiger partial charge in [0.1, 0.15) is 23.4 Å². The van der Waals surface area contributed by atoms with Gasteiger partial charge in [-0.05, 0) is 24.3 Å². The second-order valence-electron chi connectivity index (χ2n) is 5.58. The van der Waals surface area contributed by atoms with Gasteiger partial charge in [-0.25, -0.2) is 0 Å². The SMILES string of the molecule is NC(=O)c1ccc[n+](COC/C=C/COc2cccc3cccnc23)c1.[Cl-]. The van der Waals surface area contributed by atoms with Crippen LogP contribution in [0.25, 0.3) is 10.9 Å². The Hall–Kier alpha value is -2.96. The predicted octanol–water partition coefficient (Wildman–Crippen LogP) is -0.765. The fourth-order valence-electron chi connectivity index (χ4n) is 2.44. The Bertz CT molecular complexity index is 926. The third-order valence-corrected chi connectivity index (χ3v) is 3.69. The quantitative estimate of drug-likeness (QED) is 0.314. The number of amides is 1. The molecule has 0 radical (unpaired) electrons. The number of hydrogen-bond donors (Lipinski definition) is 1. The molecule has 0 bridgehead atoms. The summed E-state index contributed by atoms with van der Waals surface area (Å²) in [6, 6.07) is 13.2. The molecule has 0 saturated heterocycles. The van der Waals surface area contributed by atoms with Crippen LogP contribution in [0.1, 0.15) is 10.4 Å². The van der Waals surface area contributed by atoms with E-state index < -0.39 is 5.91 Å². The molecule has 1 aromatic carbocycles. The van der Waals surface area contributed by atoms with Crippen molar-refractivity contribution in [3.8, 4) is 5.75 Å². The number of rotatable bonds is 8. The van der Waals surface area contributed by atoms with Crippen LogP contribution < -0.4 is 27.4 Å². The molecule has 1 amide bonds. The maximum absolute atomic E-state index is 11.1. The number of nitrogens with zero attached hydrogens (tertiary/aromatic N) is 2. The van der Waals surface area contributed by atoms with Gasteiger partial charge in [0.05, 0.1) is 6.61 Å². The Morgan fingerprint density at radius 3 is 2.78 bits per heavy atom. The molecule has 3 aromatic rings. The summed E-state index contributed by atoms with van der Waals surface area (Å²) in [5, 5.41) is 1.05. The summed E-state index contributed by atoms with van der Waals surface area (Å²) in [5.41, 5.74) is 6.55. The molecule has 0 fully saturated rings. The van der Waals surface area contributed by atoms with Gasteiger partial charge in [0.25, 0.3) is 12.6 Å². The largest absolute Gasteiger partial charge is 1.00 e. The molecule has 0 aliphatic rings. The molecule has 6 nitrogen and oxygen atoms in total. The lowest BCUT2D eigenvalue weighted by atomic mass is 10.2. The van der Waals surface area contributed by atoms with Gasteiger partial charge in [-0.2, -0.15) is 4.57 Å². The Balaban J connectivity index is 0.00000261. The highest BCUT2D eigenvalue weighted by atomic mass is 35.5. The number of carbonyl (C=O) groups excluding carboxylic acids is 1. The van der Waals surface area contributed by atoms with Crippen LogP contribution in [0.3, 0.4) is 0 Å². The Morgan fingerprint density at radius 2 is 1.93 bits per heavy atom. The number of pyridine rings is 2. The third-order valence-electron chi connectivity index (χ3n) is 3.69. The monoisotopic (exact) mass is 385 g/mol. The first-order valence-electron chi connectivity index (χ1n) is 8.22. The highest BCUT2D eigenvalue weighted by Crippen LogP contribution is 2.22. The van der Waals surface area contributed by atoms with E-state index in [0.717, 1.165) is 16.7 Å². The van der Waals surface area contributed by atoms with Gasteiger partial charge in [0.2, 0.25) is 0 Å². The summed E-state index contributed by atoms with van der Waals surface area (Å²) >= 11 is 0. The highest BCUT2D eigenvalue weighted by molar-refractivity contribution is 5.92. The van der Waals surface area contributed by atoms with E-state index in [1.165, 1.54) is 0 Å². The molecule has 2 aromatic heterocycles. The van der Waals surface area contributed by atoms with Gasteiger partial charge in [0.15, 0.2) is 12.4 Å². The molecule has 0 spiro atoms. The lowest BCUT2D eigenvalue weighted by Gasteiger charge is -2.06. The zero-order chi connectivity index (χ0) is 18.2. The van der Waals surface area contributed by atoms with Crippen molar-refractivity contribution in [2.24, 2.45) is 5.73 Å². The molecule has 0 saturated carbocycles. The highest BCUT2D eigenvalue weighted by Gasteiger charge is 2.06. The maximum atomic E-state index is 11.1. The minimum atomic E-state index is -0.459. The van der Waals surface area contributed by atoms with E-state index in [4.69, 9.17) is 15.2 Å². The van der Waals surface area contributed by atoms with Gasteiger partial charge >= 0.3 is 0 Å². The summed E-state index contributed by atoms with van der Waals surface area (Å²) in [7, 11) is 0. The standard InChI is InChI=1S/C20H19N3O3.ClH/c21-20(24)17-8-5-11-23(14-17)15-25-12-1-2-13-26-18-9-3-6-16-7-4-10-22-19(16)18;/h1-11,14H,12-13,15H2,(H-,21,24);1H/b2-1+;. The van der Waals surface area contributed by atoms with E-state index >= 15 is 0 Å². The zero-order valence-electron chi connectivity index (χ0n) is 14.6. The first-order chi connectivity index (χ1) is 12.7. The summed E-state index contributed by atoms with van der Waals surface area (Å²) in [6.07, 6.45) is 9.00.